The van der Waals surface area contributed by atoms with Crippen molar-refractivity contribution in [3.8, 4) is 0 Å². The van der Waals surface area contributed by atoms with Crippen LogP contribution in [0.15, 0.2) is 53.4 Å². The lowest BCUT2D eigenvalue weighted by molar-refractivity contribution is -0.384. The third-order valence-corrected chi connectivity index (χ3v) is 3.93. The Balaban J connectivity index is 2.33. The minimum atomic E-state index is -3.77. The summed E-state index contributed by atoms with van der Waals surface area (Å²) in [5.41, 5.74) is 5.49. The Hall–Kier alpha value is -2.61. The molecule has 2 aromatic carbocycles. The van der Waals surface area contributed by atoms with Gasteiger partial charge >= 0.3 is 0 Å². The summed E-state index contributed by atoms with van der Waals surface area (Å²) in [6, 6.07) is 11.3. The maximum absolute atomic E-state index is 12.1. The summed E-state index contributed by atoms with van der Waals surface area (Å²) in [5.74, 6) is 0. The summed E-state index contributed by atoms with van der Waals surface area (Å²) < 4.78 is 26.4. The monoisotopic (exact) mass is 293 g/mol. The number of non-ortho nitro benzene ring substituents is 1. The molecule has 0 bridgehead atoms. The van der Waals surface area contributed by atoms with Gasteiger partial charge in [0.15, 0.2) is 0 Å². The van der Waals surface area contributed by atoms with Crippen LogP contribution in [-0.2, 0) is 10.0 Å². The molecule has 0 saturated heterocycles. The van der Waals surface area contributed by atoms with Gasteiger partial charge in [-0.3, -0.25) is 14.8 Å². The van der Waals surface area contributed by atoms with Gasteiger partial charge in [0, 0.05) is 12.1 Å². The van der Waals surface area contributed by atoms with Crippen LogP contribution in [0.1, 0.15) is 0 Å². The summed E-state index contributed by atoms with van der Waals surface area (Å²) in [5, 5.41) is 10.6. The van der Waals surface area contributed by atoms with Crippen molar-refractivity contribution in [1.82, 2.24) is 0 Å². The number of hydrogen-bond acceptors (Lipinski definition) is 5. The van der Waals surface area contributed by atoms with E-state index in [1.165, 1.54) is 24.3 Å². The highest BCUT2D eigenvalue weighted by molar-refractivity contribution is 7.92. The smallest absolute Gasteiger partial charge is 0.271 e. The van der Waals surface area contributed by atoms with Gasteiger partial charge in [-0.05, 0) is 18.2 Å². The molecule has 0 aliphatic carbocycles. The molecule has 0 heterocycles. The van der Waals surface area contributed by atoms with Gasteiger partial charge in [0.2, 0.25) is 0 Å². The van der Waals surface area contributed by atoms with Gasteiger partial charge in [0.05, 0.1) is 21.2 Å². The number of nitrogens with zero attached hydrogens (tertiary/aromatic N) is 1. The van der Waals surface area contributed by atoms with Crippen LogP contribution in [0.5, 0.6) is 0 Å². The van der Waals surface area contributed by atoms with E-state index in [0.29, 0.717) is 0 Å². The number of sulfonamides is 1. The Morgan fingerprint density at radius 2 is 1.75 bits per heavy atom. The van der Waals surface area contributed by atoms with Gasteiger partial charge in [-0.1, -0.05) is 18.2 Å². The first kappa shape index (κ1) is 13.8. The van der Waals surface area contributed by atoms with Crippen molar-refractivity contribution < 1.29 is 13.3 Å². The van der Waals surface area contributed by atoms with Crippen LogP contribution in [0.2, 0.25) is 0 Å². The number of nitro benzene ring substituents is 1. The minimum absolute atomic E-state index is 0.0151. The van der Waals surface area contributed by atoms with E-state index in [0.717, 1.165) is 6.07 Å². The highest BCUT2D eigenvalue weighted by Gasteiger charge is 2.16. The van der Waals surface area contributed by atoms with E-state index in [9.17, 15) is 18.5 Å². The van der Waals surface area contributed by atoms with E-state index in [1.807, 2.05) is 0 Å². The van der Waals surface area contributed by atoms with Crippen LogP contribution in [-0.4, -0.2) is 13.3 Å². The van der Waals surface area contributed by atoms with Crippen molar-refractivity contribution >= 4 is 27.1 Å². The van der Waals surface area contributed by atoms with Crippen LogP contribution in [0.4, 0.5) is 17.1 Å². The molecule has 2 aromatic rings. The van der Waals surface area contributed by atoms with Crippen LogP contribution in [0, 0.1) is 10.1 Å². The fraction of sp³-hybridized carbons (Fsp3) is 0. The molecule has 0 unspecified atom stereocenters. The second-order valence-electron chi connectivity index (χ2n) is 3.95. The number of nitrogen functional groups attached to an aromatic ring is 1. The Morgan fingerprint density at radius 3 is 2.30 bits per heavy atom. The molecule has 8 heteroatoms. The van der Waals surface area contributed by atoms with Crippen molar-refractivity contribution in [2.24, 2.45) is 0 Å². The molecule has 0 amide bonds. The largest absolute Gasteiger partial charge is 0.397 e. The zero-order valence-electron chi connectivity index (χ0n) is 10.2. The summed E-state index contributed by atoms with van der Waals surface area (Å²) in [6.45, 7) is 0. The molecule has 104 valence electrons. The van der Waals surface area contributed by atoms with Crippen LogP contribution in [0.25, 0.3) is 0 Å². The normalized spacial score (nSPS) is 11.0. The molecule has 0 fully saturated rings. The Bertz CT molecular complexity index is 745. The first-order chi connectivity index (χ1) is 9.40. The average Bonchev–Trinajstić information content (AvgIpc) is 2.41. The van der Waals surface area contributed by atoms with Gasteiger partial charge < -0.3 is 5.73 Å². The maximum Gasteiger partial charge on any atom is 0.271 e. The number of hydrogen-bond donors (Lipinski definition) is 2. The van der Waals surface area contributed by atoms with E-state index in [2.05, 4.69) is 4.72 Å². The Morgan fingerprint density at radius 1 is 1.10 bits per heavy atom. The second kappa shape index (κ2) is 5.17. The SMILES string of the molecule is Nc1cc([N+](=O)[O-])ccc1NS(=O)(=O)c1ccccc1. The minimum Gasteiger partial charge on any atom is -0.397 e. The third-order valence-electron chi connectivity index (χ3n) is 2.54. The molecule has 0 aliphatic heterocycles. The van der Waals surface area contributed by atoms with Crippen LogP contribution in [0.3, 0.4) is 0 Å². The van der Waals surface area contributed by atoms with Gasteiger partial charge in [0.25, 0.3) is 15.7 Å². The molecule has 0 aromatic heterocycles. The first-order valence-corrected chi connectivity index (χ1v) is 7.00. The third kappa shape index (κ3) is 2.86. The summed E-state index contributed by atoms with van der Waals surface area (Å²) in [6.07, 6.45) is 0. The molecule has 2 rings (SSSR count). The highest BCUT2D eigenvalue weighted by atomic mass is 32.2. The van der Waals surface area contributed by atoms with Gasteiger partial charge in [0.1, 0.15) is 0 Å². The summed E-state index contributed by atoms with van der Waals surface area (Å²) in [7, 11) is -3.77. The van der Waals surface area contributed by atoms with E-state index in [1.54, 1.807) is 18.2 Å². The van der Waals surface area contributed by atoms with Gasteiger partial charge in [-0.25, -0.2) is 8.42 Å². The number of nitrogens with two attached hydrogens (primary N) is 1. The number of rotatable bonds is 4. The van der Waals surface area contributed by atoms with Crippen molar-refractivity contribution in [3.63, 3.8) is 0 Å². The summed E-state index contributed by atoms with van der Waals surface area (Å²) >= 11 is 0. The van der Waals surface area contributed by atoms with Crippen LogP contribution < -0.4 is 10.5 Å². The molecule has 0 radical (unpaired) electrons. The maximum atomic E-state index is 12.1. The highest BCUT2D eigenvalue weighted by Crippen LogP contribution is 2.26. The molecule has 3 N–H and O–H groups in total. The van der Waals surface area contributed by atoms with Crippen molar-refractivity contribution in [1.29, 1.82) is 0 Å². The van der Waals surface area contributed by atoms with Crippen molar-refractivity contribution in [2.45, 2.75) is 4.90 Å². The zero-order valence-corrected chi connectivity index (χ0v) is 11.0. The molecular formula is C12H11N3O4S. The zero-order chi connectivity index (χ0) is 14.8. The lowest BCUT2D eigenvalue weighted by atomic mass is 10.2. The topological polar surface area (TPSA) is 115 Å². The molecule has 7 nitrogen and oxygen atoms in total. The van der Waals surface area contributed by atoms with Gasteiger partial charge in [-0.2, -0.15) is 0 Å². The first-order valence-electron chi connectivity index (χ1n) is 5.52. The number of nitrogens with one attached hydrogen (secondary N) is 1. The van der Waals surface area contributed by atoms with Crippen molar-refractivity contribution in [3.05, 3.63) is 58.6 Å². The van der Waals surface area contributed by atoms with Gasteiger partial charge in [-0.15, -0.1) is 0 Å². The van der Waals surface area contributed by atoms with Crippen LogP contribution >= 0.6 is 0 Å². The molecular weight excluding hydrogens is 282 g/mol. The molecule has 0 spiro atoms. The van der Waals surface area contributed by atoms with E-state index in [-0.39, 0.29) is 22.0 Å². The Kier molecular flexibility index (Phi) is 3.57. The molecule has 0 atom stereocenters. The molecule has 0 aliphatic rings. The standard InChI is InChI=1S/C12H11N3O4S/c13-11-8-9(15(16)17)6-7-12(11)14-20(18,19)10-4-2-1-3-5-10/h1-8,14H,13H2. The quantitative estimate of drug-likeness (QED) is 0.508. The fourth-order valence-electron chi connectivity index (χ4n) is 1.56. The van der Waals surface area contributed by atoms with E-state index in [4.69, 9.17) is 5.73 Å². The lowest BCUT2D eigenvalue weighted by Crippen LogP contribution is -2.14. The number of nitro groups is 1. The predicted octanol–water partition coefficient (Wildman–Crippen LogP) is 1.98. The predicted molar refractivity (Wildman–Crippen MR) is 74.8 cm³/mol. The molecule has 0 saturated carbocycles. The van der Waals surface area contributed by atoms with E-state index >= 15 is 0 Å². The second-order valence-corrected chi connectivity index (χ2v) is 5.63. The van der Waals surface area contributed by atoms with Crippen molar-refractivity contribution in [2.75, 3.05) is 10.5 Å². The Labute approximate surface area is 115 Å². The molecule has 20 heavy (non-hydrogen) atoms. The summed E-state index contributed by atoms with van der Waals surface area (Å²) in [4.78, 5) is 10.1. The lowest BCUT2D eigenvalue weighted by Gasteiger charge is -2.10. The number of anilines is 2. The van der Waals surface area contributed by atoms with E-state index < -0.39 is 14.9 Å². The average molecular weight is 293 g/mol. The number of benzene rings is 2. The fourth-order valence-corrected chi connectivity index (χ4v) is 2.67.